The Bertz CT molecular complexity index is 950. The van der Waals surface area contributed by atoms with Crippen molar-refractivity contribution in [2.75, 3.05) is 26.2 Å². The summed E-state index contributed by atoms with van der Waals surface area (Å²) < 4.78 is 5.81. The van der Waals surface area contributed by atoms with Crippen LogP contribution in [0.1, 0.15) is 73.1 Å². The summed E-state index contributed by atoms with van der Waals surface area (Å²) in [6.07, 6.45) is 6.40. The first-order valence-corrected chi connectivity index (χ1v) is 13.3. The average Bonchev–Trinajstić information content (AvgIpc) is 3.50. The van der Waals surface area contributed by atoms with E-state index in [2.05, 4.69) is 37.4 Å². The Labute approximate surface area is 201 Å². The molecular weight excluding hydrogens is 432 g/mol. The van der Waals surface area contributed by atoms with Gasteiger partial charge in [0.1, 0.15) is 0 Å². The molecule has 2 aliphatic rings. The Morgan fingerprint density at radius 2 is 2.03 bits per heavy atom. The van der Waals surface area contributed by atoms with Gasteiger partial charge in [-0.3, -0.25) is 9.59 Å². The highest BCUT2D eigenvalue weighted by atomic mass is 32.1. The summed E-state index contributed by atoms with van der Waals surface area (Å²) in [5.74, 6) is 0.106. The largest absolute Gasteiger partial charge is 0.376 e. The molecular formula is C27H36N2O3S. The van der Waals surface area contributed by atoms with E-state index in [1.807, 2.05) is 17.0 Å². The smallest absolute Gasteiger partial charge is 0.242 e. The number of unbranched alkanes of at least 4 members (excludes halogenated alkanes) is 2. The van der Waals surface area contributed by atoms with E-state index >= 15 is 0 Å². The minimum Gasteiger partial charge on any atom is -0.376 e. The molecule has 0 radical (unpaired) electrons. The summed E-state index contributed by atoms with van der Waals surface area (Å²) in [6.45, 7) is 6.33. The number of rotatable bonds is 9. The molecule has 1 aromatic carbocycles. The Morgan fingerprint density at radius 3 is 2.79 bits per heavy atom. The first-order valence-electron chi connectivity index (χ1n) is 12.4. The SMILES string of the molecule is CCCCCC(=O)N(CC(=O)N1CCc2sccc2C1c1ccccc1C)CC1CCCO1. The molecule has 1 aromatic heterocycles. The molecule has 0 spiro atoms. The zero-order valence-electron chi connectivity index (χ0n) is 19.9. The van der Waals surface area contributed by atoms with Gasteiger partial charge in [0.25, 0.3) is 0 Å². The van der Waals surface area contributed by atoms with Gasteiger partial charge in [0.05, 0.1) is 18.7 Å². The number of amides is 2. The number of ether oxygens (including phenoxy) is 1. The van der Waals surface area contributed by atoms with Gasteiger partial charge in [-0.25, -0.2) is 0 Å². The third-order valence-corrected chi connectivity index (χ3v) is 7.89. The molecule has 0 saturated carbocycles. The molecule has 2 amide bonds. The fourth-order valence-electron chi connectivity index (χ4n) is 5.04. The lowest BCUT2D eigenvalue weighted by Crippen LogP contribution is -2.48. The summed E-state index contributed by atoms with van der Waals surface area (Å²) in [6, 6.07) is 10.4. The van der Waals surface area contributed by atoms with Crippen molar-refractivity contribution < 1.29 is 14.3 Å². The van der Waals surface area contributed by atoms with E-state index in [4.69, 9.17) is 4.74 Å². The highest BCUT2D eigenvalue weighted by molar-refractivity contribution is 7.10. The zero-order chi connectivity index (χ0) is 23.2. The number of aryl methyl sites for hydroxylation is 1. The van der Waals surface area contributed by atoms with Crippen molar-refractivity contribution in [3.63, 3.8) is 0 Å². The highest BCUT2D eigenvalue weighted by Crippen LogP contribution is 2.39. The van der Waals surface area contributed by atoms with Gasteiger partial charge in [-0.15, -0.1) is 11.3 Å². The van der Waals surface area contributed by atoms with Gasteiger partial charge >= 0.3 is 0 Å². The number of carbonyl (C=O) groups is 2. The van der Waals surface area contributed by atoms with Crippen LogP contribution in [-0.4, -0.2) is 54.0 Å². The van der Waals surface area contributed by atoms with Crippen molar-refractivity contribution in [2.45, 2.75) is 70.9 Å². The van der Waals surface area contributed by atoms with Crippen LogP contribution in [0.2, 0.25) is 0 Å². The standard InChI is InChI=1S/C27H36N2O3S/c1-3-4-5-12-25(30)28(18-21-10-8-16-32-21)19-26(31)29-15-13-24-23(14-17-33-24)27(29)22-11-7-6-9-20(22)2/h6-7,9,11,14,17,21,27H,3-5,8,10,12-13,15-16,18-19H2,1-2H3. The molecule has 2 aromatic rings. The second kappa shape index (κ2) is 11.3. The predicted octanol–water partition coefficient (Wildman–Crippen LogP) is 5.12. The van der Waals surface area contributed by atoms with Crippen LogP contribution in [0.5, 0.6) is 0 Å². The summed E-state index contributed by atoms with van der Waals surface area (Å²) in [7, 11) is 0. The molecule has 5 nitrogen and oxygen atoms in total. The number of benzene rings is 1. The van der Waals surface area contributed by atoms with E-state index in [-0.39, 0.29) is 30.5 Å². The Kier molecular flexibility index (Phi) is 8.20. The molecule has 178 valence electrons. The molecule has 3 heterocycles. The summed E-state index contributed by atoms with van der Waals surface area (Å²) in [5, 5.41) is 2.13. The van der Waals surface area contributed by atoms with E-state index in [9.17, 15) is 9.59 Å². The molecule has 0 aliphatic carbocycles. The first-order chi connectivity index (χ1) is 16.1. The topological polar surface area (TPSA) is 49.9 Å². The lowest BCUT2D eigenvalue weighted by Gasteiger charge is -2.38. The minimum atomic E-state index is -0.0894. The van der Waals surface area contributed by atoms with E-state index in [1.165, 1.54) is 21.6 Å². The molecule has 1 saturated heterocycles. The molecule has 33 heavy (non-hydrogen) atoms. The number of hydrogen-bond acceptors (Lipinski definition) is 4. The molecule has 0 N–H and O–H groups in total. The maximum absolute atomic E-state index is 13.7. The normalized spacial score (nSPS) is 20.0. The molecule has 4 rings (SSSR count). The van der Waals surface area contributed by atoms with Gasteiger partial charge in [0.2, 0.25) is 11.8 Å². The predicted molar refractivity (Wildman–Crippen MR) is 132 cm³/mol. The Hall–Kier alpha value is -2.18. The third-order valence-electron chi connectivity index (χ3n) is 6.89. The van der Waals surface area contributed by atoms with Crippen LogP contribution in [0, 0.1) is 6.92 Å². The number of fused-ring (bicyclic) bond motifs is 1. The van der Waals surface area contributed by atoms with E-state index in [0.717, 1.165) is 45.1 Å². The van der Waals surface area contributed by atoms with Crippen LogP contribution in [0.3, 0.4) is 0 Å². The quantitative estimate of drug-likeness (QED) is 0.480. The number of hydrogen-bond donors (Lipinski definition) is 0. The molecule has 1 fully saturated rings. The van der Waals surface area contributed by atoms with Gasteiger partial charge in [-0.2, -0.15) is 0 Å². The van der Waals surface area contributed by atoms with Crippen LogP contribution in [0.25, 0.3) is 0 Å². The Morgan fingerprint density at radius 1 is 1.18 bits per heavy atom. The Balaban J connectivity index is 1.55. The summed E-state index contributed by atoms with van der Waals surface area (Å²) in [4.78, 5) is 32.0. The molecule has 2 unspecified atom stereocenters. The van der Waals surface area contributed by atoms with Crippen LogP contribution in [0.4, 0.5) is 0 Å². The van der Waals surface area contributed by atoms with Gasteiger partial charge in [-0.05, 0) is 60.7 Å². The van der Waals surface area contributed by atoms with Crippen LogP contribution < -0.4 is 0 Å². The van der Waals surface area contributed by atoms with Crippen molar-refractivity contribution in [3.8, 4) is 0 Å². The molecule has 0 bridgehead atoms. The van der Waals surface area contributed by atoms with E-state index < -0.39 is 0 Å². The van der Waals surface area contributed by atoms with Crippen molar-refractivity contribution in [1.82, 2.24) is 9.80 Å². The monoisotopic (exact) mass is 468 g/mol. The first kappa shape index (κ1) is 24.0. The third kappa shape index (κ3) is 5.67. The minimum absolute atomic E-state index is 0.0296. The van der Waals surface area contributed by atoms with Crippen molar-refractivity contribution >= 4 is 23.2 Å². The highest BCUT2D eigenvalue weighted by Gasteiger charge is 2.35. The number of carbonyl (C=O) groups excluding carboxylic acids is 2. The van der Waals surface area contributed by atoms with Crippen LogP contribution >= 0.6 is 11.3 Å². The van der Waals surface area contributed by atoms with E-state index in [0.29, 0.717) is 19.5 Å². The number of thiophene rings is 1. The fourth-order valence-corrected chi connectivity index (χ4v) is 5.94. The van der Waals surface area contributed by atoms with Gasteiger partial charge in [0, 0.05) is 31.0 Å². The zero-order valence-corrected chi connectivity index (χ0v) is 20.7. The maximum Gasteiger partial charge on any atom is 0.242 e. The fraction of sp³-hybridized carbons (Fsp3) is 0.556. The van der Waals surface area contributed by atoms with Crippen molar-refractivity contribution in [2.24, 2.45) is 0 Å². The lowest BCUT2D eigenvalue weighted by molar-refractivity contribution is -0.143. The van der Waals surface area contributed by atoms with Gasteiger partial charge < -0.3 is 14.5 Å². The molecule has 2 atom stereocenters. The van der Waals surface area contributed by atoms with Gasteiger partial charge in [0.15, 0.2) is 0 Å². The summed E-state index contributed by atoms with van der Waals surface area (Å²) in [5.41, 5.74) is 3.59. The van der Waals surface area contributed by atoms with Crippen LogP contribution in [0.15, 0.2) is 35.7 Å². The van der Waals surface area contributed by atoms with Crippen LogP contribution in [-0.2, 0) is 20.7 Å². The second-order valence-electron chi connectivity index (χ2n) is 9.26. The lowest BCUT2D eigenvalue weighted by atomic mass is 9.90. The summed E-state index contributed by atoms with van der Waals surface area (Å²) >= 11 is 1.78. The maximum atomic E-state index is 13.7. The molecule has 2 aliphatic heterocycles. The average molecular weight is 469 g/mol. The van der Waals surface area contributed by atoms with Crippen molar-refractivity contribution in [1.29, 1.82) is 0 Å². The van der Waals surface area contributed by atoms with Gasteiger partial charge in [-0.1, -0.05) is 44.0 Å². The van der Waals surface area contributed by atoms with E-state index in [1.54, 1.807) is 16.2 Å². The second-order valence-corrected chi connectivity index (χ2v) is 10.3. The molecule has 6 heteroatoms. The van der Waals surface area contributed by atoms with Crippen molar-refractivity contribution in [3.05, 3.63) is 57.3 Å². The number of nitrogens with zero attached hydrogens (tertiary/aromatic N) is 2.